The first-order valence-corrected chi connectivity index (χ1v) is 12.8. The van der Waals surface area contributed by atoms with Crippen LogP contribution in [-0.4, -0.2) is 35.2 Å². The van der Waals surface area contributed by atoms with E-state index in [1.54, 1.807) is 23.3 Å². The fourth-order valence-corrected chi connectivity index (χ4v) is 6.15. The fraction of sp³-hybridized carbons (Fsp3) is 0.448. The van der Waals surface area contributed by atoms with Crippen LogP contribution >= 0.6 is 11.3 Å². The maximum absolute atomic E-state index is 13.4. The Balaban J connectivity index is 1.87. The number of nitrogens with zero attached hydrogens (tertiary/aromatic N) is 2. The molecular weight excluding hydrogens is 456 g/mol. The van der Waals surface area contributed by atoms with E-state index >= 15 is 0 Å². The average Bonchev–Trinajstić information content (AvgIpc) is 3.29. The third-order valence-electron chi connectivity index (χ3n) is 6.10. The van der Waals surface area contributed by atoms with Crippen molar-refractivity contribution in [1.82, 2.24) is 9.88 Å². The Morgan fingerprint density at radius 1 is 1.06 bits per heavy atom. The van der Waals surface area contributed by atoms with Gasteiger partial charge in [0.1, 0.15) is 16.4 Å². The maximum atomic E-state index is 13.4. The number of amides is 1. The Kier molecular flexibility index (Phi) is 6.25. The van der Waals surface area contributed by atoms with Gasteiger partial charge in [-0.3, -0.25) is 4.90 Å². The molecule has 3 aromatic rings. The van der Waals surface area contributed by atoms with Gasteiger partial charge in [0, 0.05) is 17.5 Å². The number of fused-ring (bicyclic) bond motifs is 1. The molecule has 1 aromatic heterocycles. The van der Waals surface area contributed by atoms with Crippen LogP contribution in [0.2, 0.25) is 0 Å². The van der Waals surface area contributed by atoms with Crippen molar-refractivity contribution in [3.05, 3.63) is 53.6 Å². The largest absolute Gasteiger partial charge is 0.496 e. The second-order valence-corrected chi connectivity index (χ2v) is 12.9. The van der Waals surface area contributed by atoms with Crippen LogP contribution in [0.1, 0.15) is 61.0 Å². The summed E-state index contributed by atoms with van der Waals surface area (Å²) in [6.07, 6.45) is -0.325. The minimum atomic E-state index is -0.578. The van der Waals surface area contributed by atoms with Crippen LogP contribution in [0.3, 0.4) is 0 Å². The van der Waals surface area contributed by atoms with Crippen LogP contribution in [0, 0.1) is 10.8 Å². The van der Waals surface area contributed by atoms with Crippen molar-refractivity contribution in [2.45, 2.75) is 61.0 Å². The van der Waals surface area contributed by atoms with E-state index < -0.39 is 5.60 Å². The Labute approximate surface area is 212 Å². The highest BCUT2D eigenvalue weighted by molar-refractivity contribution is 7.21. The summed E-state index contributed by atoms with van der Waals surface area (Å²) in [5.41, 5.74) is 4.06. The van der Waals surface area contributed by atoms with Gasteiger partial charge in [0.15, 0.2) is 0 Å². The molecular formula is C29H36N2O3S. The van der Waals surface area contributed by atoms with Crippen molar-refractivity contribution in [1.29, 1.82) is 0 Å². The number of methoxy groups -OCH3 is 1. The van der Waals surface area contributed by atoms with Gasteiger partial charge < -0.3 is 9.47 Å². The lowest BCUT2D eigenvalue weighted by Crippen LogP contribution is -2.36. The molecule has 0 saturated heterocycles. The van der Waals surface area contributed by atoms with Gasteiger partial charge in [-0.2, -0.15) is 0 Å². The first-order chi connectivity index (χ1) is 16.2. The molecule has 4 rings (SSSR count). The second kappa shape index (κ2) is 8.66. The van der Waals surface area contributed by atoms with Crippen LogP contribution in [0.5, 0.6) is 5.75 Å². The van der Waals surface area contributed by atoms with Gasteiger partial charge in [0.05, 0.1) is 28.6 Å². The normalized spacial score (nSPS) is 16.2. The molecule has 0 unspecified atom stereocenters. The highest BCUT2D eigenvalue weighted by atomic mass is 32.1. The predicted molar refractivity (Wildman–Crippen MR) is 145 cm³/mol. The van der Waals surface area contributed by atoms with Gasteiger partial charge in [-0.25, -0.2) is 9.78 Å². The van der Waals surface area contributed by atoms with Crippen molar-refractivity contribution in [3.8, 4) is 16.3 Å². The molecule has 5 nitrogen and oxygen atoms in total. The van der Waals surface area contributed by atoms with Crippen LogP contribution in [-0.2, 0) is 4.74 Å². The number of para-hydroxylation sites is 1. The molecule has 2 heterocycles. The van der Waals surface area contributed by atoms with E-state index in [1.807, 2.05) is 45.0 Å². The number of carbonyl (C=O) groups excluding carboxylic acids is 1. The molecule has 1 aliphatic rings. The molecule has 35 heavy (non-hydrogen) atoms. The number of benzene rings is 2. The molecule has 0 spiro atoms. The van der Waals surface area contributed by atoms with E-state index in [0.717, 1.165) is 37.8 Å². The summed E-state index contributed by atoms with van der Waals surface area (Å²) in [4.78, 5) is 20.0. The second-order valence-electron chi connectivity index (χ2n) is 11.8. The van der Waals surface area contributed by atoms with E-state index in [1.165, 1.54) is 5.57 Å². The predicted octanol–water partition coefficient (Wildman–Crippen LogP) is 8.01. The first kappa shape index (κ1) is 25.2. The molecule has 2 aromatic carbocycles. The topological polar surface area (TPSA) is 51.7 Å². The Morgan fingerprint density at radius 3 is 2.34 bits per heavy atom. The summed E-state index contributed by atoms with van der Waals surface area (Å²) in [5.74, 6) is 0.733. The van der Waals surface area contributed by atoms with Gasteiger partial charge >= 0.3 is 6.09 Å². The fourth-order valence-electron chi connectivity index (χ4n) is 5.15. The number of hydrogen-bond donors (Lipinski definition) is 0. The first-order valence-electron chi connectivity index (χ1n) is 12.0. The summed E-state index contributed by atoms with van der Waals surface area (Å²) in [7, 11) is 1.68. The van der Waals surface area contributed by atoms with E-state index in [0.29, 0.717) is 6.54 Å². The Morgan fingerprint density at radius 2 is 1.74 bits per heavy atom. The summed E-state index contributed by atoms with van der Waals surface area (Å²) < 4.78 is 12.8. The molecule has 0 bridgehead atoms. The summed E-state index contributed by atoms with van der Waals surface area (Å²) in [5, 5.41) is 0.912. The van der Waals surface area contributed by atoms with Crippen LogP contribution in [0.15, 0.2) is 48.0 Å². The van der Waals surface area contributed by atoms with Crippen molar-refractivity contribution in [2.75, 3.05) is 13.7 Å². The van der Waals surface area contributed by atoms with Gasteiger partial charge in [0.25, 0.3) is 0 Å². The van der Waals surface area contributed by atoms with Crippen molar-refractivity contribution in [3.63, 3.8) is 0 Å². The average molecular weight is 493 g/mol. The number of aromatic nitrogens is 1. The smallest absolute Gasteiger partial charge is 0.414 e. The molecule has 6 heteroatoms. The molecule has 186 valence electrons. The summed E-state index contributed by atoms with van der Waals surface area (Å²) >= 11 is 1.65. The van der Waals surface area contributed by atoms with E-state index in [-0.39, 0.29) is 16.9 Å². The molecule has 0 saturated carbocycles. The highest BCUT2D eigenvalue weighted by Crippen LogP contribution is 2.52. The SMILES string of the molecule is COc1cc(C2=C(C(C)(C)C)C(C)(C)CN2C(=O)OC(C)(C)C)ccc1-c1nc2ccccc2s1. The monoisotopic (exact) mass is 492 g/mol. The number of ether oxygens (including phenoxy) is 2. The molecule has 1 aliphatic heterocycles. The maximum Gasteiger partial charge on any atom is 0.414 e. The van der Waals surface area contributed by atoms with Crippen molar-refractivity contribution < 1.29 is 14.3 Å². The number of thiazole rings is 1. The Hall–Kier alpha value is -2.86. The third kappa shape index (κ3) is 4.94. The summed E-state index contributed by atoms with van der Waals surface area (Å²) in [6.45, 7) is 17.3. The minimum absolute atomic E-state index is 0.144. The minimum Gasteiger partial charge on any atom is -0.496 e. The van der Waals surface area contributed by atoms with Crippen molar-refractivity contribution in [2.24, 2.45) is 10.8 Å². The molecule has 0 N–H and O–H groups in total. The van der Waals surface area contributed by atoms with Crippen LogP contribution in [0.25, 0.3) is 26.5 Å². The number of rotatable bonds is 3. The molecule has 0 fully saturated rings. The van der Waals surface area contributed by atoms with Gasteiger partial charge in [-0.1, -0.05) is 52.8 Å². The lowest BCUT2D eigenvalue weighted by Gasteiger charge is -2.32. The third-order valence-corrected chi connectivity index (χ3v) is 7.17. The lowest BCUT2D eigenvalue weighted by atomic mass is 9.71. The highest BCUT2D eigenvalue weighted by Gasteiger charge is 2.46. The van der Waals surface area contributed by atoms with Crippen LogP contribution < -0.4 is 4.74 Å². The number of hydrogen-bond acceptors (Lipinski definition) is 5. The van der Waals surface area contributed by atoms with E-state index in [2.05, 4.69) is 52.8 Å². The lowest BCUT2D eigenvalue weighted by molar-refractivity contribution is 0.0338. The van der Waals surface area contributed by atoms with Gasteiger partial charge in [-0.15, -0.1) is 11.3 Å². The quantitative estimate of drug-likeness (QED) is 0.372. The zero-order valence-corrected chi connectivity index (χ0v) is 23.1. The van der Waals surface area contributed by atoms with E-state index in [9.17, 15) is 4.79 Å². The van der Waals surface area contributed by atoms with Crippen molar-refractivity contribution >= 4 is 33.3 Å². The molecule has 0 aliphatic carbocycles. The molecule has 1 amide bonds. The molecule has 0 atom stereocenters. The molecule has 0 radical (unpaired) electrons. The standard InChI is InChI=1S/C29H36N2O3S/c1-27(2,3)24-23(31(17-29(24,7)8)26(32)34-28(4,5)6)18-14-15-19(21(16-18)33-9)25-30-20-12-10-11-13-22(20)35-25/h10-16H,17H2,1-9H3. The Bertz CT molecular complexity index is 1270. The zero-order chi connectivity index (χ0) is 25.8. The van der Waals surface area contributed by atoms with Gasteiger partial charge in [-0.05, 0) is 56.0 Å². The summed E-state index contributed by atoms with van der Waals surface area (Å²) in [6, 6.07) is 14.3. The van der Waals surface area contributed by atoms with Crippen LogP contribution in [0.4, 0.5) is 4.79 Å². The van der Waals surface area contributed by atoms with Gasteiger partial charge in [0.2, 0.25) is 0 Å². The zero-order valence-electron chi connectivity index (χ0n) is 22.3. The van der Waals surface area contributed by atoms with E-state index in [4.69, 9.17) is 14.5 Å². The number of carbonyl (C=O) groups is 1.